The first kappa shape index (κ1) is 20.0. The van der Waals surface area contributed by atoms with Crippen LogP contribution in [-0.2, 0) is 4.74 Å². The number of carbonyl (C=O) groups excluding carboxylic acids is 3. The van der Waals surface area contributed by atoms with E-state index in [1.54, 1.807) is 26.8 Å². The topological polar surface area (TPSA) is 101 Å². The van der Waals surface area contributed by atoms with E-state index in [0.29, 0.717) is 21.5 Å². The number of ether oxygens (including phenoxy) is 1. The summed E-state index contributed by atoms with van der Waals surface area (Å²) in [6.45, 7) is 5.30. The van der Waals surface area contributed by atoms with Crippen LogP contribution in [0.1, 0.15) is 57.0 Å². The van der Waals surface area contributed by atoms with Gasteiger partial charge in [0.25, 0.3) is 5.91 Å². The normalized spacial score (nSPS) is 11.5. The van der Waals surface area contributed by atoms with Crippen LogP contribution in [0.25, 0.3) is 10.9 Å². The van der Waals surface area contributed by atoms with Gasteiger partial charge in [-0.05, 0) is 32.9 Å². The highest BCUT2D eigenvalue weighted by Gasteiger charge is 2.25. The van der Waals surface area contributed by atoms with E-state index in [1.165, 1.54) is 24.7 Å². The maximum Gasteiger partial charge on any atom is 0.340 e. The minimum absolute atomic E-state index is 0.165. The van der Waals surface area contributed by atoms with Crippen LogP contribution in [0.2, 0.25) is 5.02 Å². The van der Waals surface area contributed by atoms with E-state index in [-0.39, 0.29) is 28.0 Å². The zero-order valence-corrected chi connectivity index (χ0v) is 17.2. The summed E-state index contributed by atoms with van der Waals surface area (Å²) < 4.78 is 5.43. The van der Waals surface area contributed by atoms with Crippen molar-refractivity contribution >= 4 is 51.5 Å². The lowest BCUT2D eigenvalue weighted by atomic mass is 10.1. The fourth-order valence-corrected chi connectivity index (χ4v) is 3.57. The molecule has 0 fully saturated rings. The number of thiazole rings is 1. The minimum Gasteiger partial charge on any atom is -0.456 e. The highest BCUT2D eigenvalue weighted by molar-refractivity contribution is 7.12. The molecule has 0 aliphatic heterocycles. The van der Waals surface area contributed by atoms with Crippen molar-refractivity contribution in [3.63, 3.8) is 0 Å². The maximum atomic E-state index is 12.9. The monoisotopic (exact) mass is 419 g/mol. The maximum absolute atomic E-state index is 12.9. The summed E-state index contributed by atoms with van der Waals surface area (Å²) in [7, 11) is 1.49. The fraction of sp³-hybridized carbons (Fsp3) is 0.263. The summed E-state index contributed by atoms with van der Waals surface area (Å²) in [6.07, 6.45) is 1.50. The summed E-state index contributed by atoms with van der Waals surface area (Å²) >= 11 is 7.26. The molecule has 28 heavy (non-hydrogen) atoms. The van der Waals surface area contributed by atoms with Gasteiger partial charge in [-0.1, -0.05) is 11.6 Å². The van der Waals surface area contributed by atoms with E-state index < -0.39 is 11.6 Å². The number of aromatic nitrogens is 2. The number of rotatable bonds is 4. The third-order valence-corrected chi connectivity index (χ3v) is 4.83. The lowest BCUT2D eigenvalue weighted by Gasteiger charge is -2.19. The van der Waals surface area contributed by atoms with Crippen LogP contribution in [0.15, 0.2) is 23.7 Å². The molecule has 3 aromatic rings. The van der Waals surface area contributed by atoms with Gasteiger partial charge in [-0.3, -0.25) is 9.59 Å². The number of benzene rings is 1. The van der Waals surface area contributed by atoms with Crippen molar-refractivity contribution in [1.29, 1.82) is 0 Å². The Hall–Kier alpha value is -2.71. The molecule has 0 spiro atoms. The van der Waals surface area contributed by atoms with Crippen molar-refractivity contribution in [3.05, 3.63) is 50.6 Å². The second-order valence-electron chi connectivity index (χ2n) is 7.03. The number of amides is 1. The van der Waals surface area contributed by atoms with Crippen LogP contribution in [0, 0.1) is 0 Å². The molecule has 0 aliphatic rings. The predicted molar refractivity (Wildman–Crippen MR) is 107 cm³/mol. The Labute approximate surface area is 170 Å². The number of nitrogens with one attached hydrogen (secondary N) is 2. The molecule has 0 saturated carbocycles. The quantitative estimate of drug-likeness (QED) is 0.494. The molecule has 2 N–H and O–H groups in total. The zero-order valence-electron chi connectivity index (χ0n) is 15.7. The zero-order chi connectivity index (χ0) is 20.6. The molecule has 0 unspecified atom stereocenters. The van der Waals surface area contributed by atoms with Crippen LogP contribution < -0.4 is 5.32 Å². The molecule has 3 rings (SSSR count). The number of esters is 1. The van der Waals surface area contributed by atoms with Gasteiger partial charge in [-0.15, -0.1) is 11.3 Å². The molecular formula is C19H18ClN3O4S. The van der Waals surface area contributed by atoms with Crippen molar-refractivity contribution < 1.29 is 19.1 Å². The van der Waals surface area contributed by atoms with Crippen LogP contribution in [0.5, 0.6) is 0 Å². The van der Waals surface area contributed by atoms with Gasteiger partial charge in [-0.2, -0.15) is 0 Å². The Morgan fingerprint density at radius 3 is 2.57 bits per heavy atom. The van der Waals surface area contributed by atoms with Crippen LogP contribution in [0.3, 0.4) is 0 Å². The third kappa shape index (κ3) is 3.93. The molecule has 2 aromatic heterocycles. The average Bonchev–Trinajstić information content (AvgIpc) is 3.25. The van der Waals surface area contributed by atoms with Gasteiger partial charge >= 0.3 is 5.97 Å². The number of fused-ring (bicyclic) bond motifs is 1. The molecule has 0 radical (unpaired) electrons. The van der Waals surface area contributed by atoms with Crippen molar-refractivity contribution in [3.8, 4) is 0 Å². The van der Waals surface area contributed by atoms with E-state index in [1.807, 2.05) is 0 Å². The smallest absolute Gasteiger partial charge is 0.340 e. The summed E-state index contributed by atoms with van der Waals surface area (Å²) in [5.41, 5.74) is 0.490. The van der Waals surface area contributed by atoms with Crippen molar-refractivity contribution in [2.75, 3.05) is 7.05 Å². The number of ketones is 1. The summed E-state index contributed by atoms with van der Waals surface area (Å²) in [4.78, 5) is 44.2. The first-order valence-electron chi connectivity index (χ1n) is 8.37. The number of carbonyl (C=O) groups is 3. The van der Waals surface area contributed by atoms with Gasteiger partial charge in [0.15, 0.2) is 5.01 Å². The van der Waals surface area contributed by atoms with Crippen LogP contribution >= 0.6 is 22.9 Å². The molecule has 0 aliphatic carbocycles. The molecule has 1 amide bonds. The Kier molecular flexibility index (Phi) is 5.27. The molecule has 1 aromatic carbocycles. The van der Waals surface area contributed by atoms with Crippen LogP contribution in [-0.4, -0.2) is 40.3 Å². The first-order chi connectivity index (χ1) is 13.1. The molecule has 0 saturated heterocycles. The number of nitrogens with zero attached hydrogens (tertiary/aromatic N) is 1. The first-order valence-corrected chi connectivity index (χ1v) is 9.62. The standard InChI is InChI=1S/C19H18ClN3O4S/c1-19(2,3)27-18(26)11-6-9(20)5-10-12(7-22-14(10)11)15(24)17-23-13(8-28-17)16(25)21-4/h5-8,22H,1-4H3,(H,21,25). The number of aromatic amines is 1. The lowest BCUT2D eigenvalue weighted by Crippen LogP contribution is -2.24. The lowest BCUT2D eigenvalue weighted by molar-refractivity contribution is 0.00714. The summed E-state index contributed by atoms with van der Waals surface area (Å²) in [6, 6.07) is 3.09. The van der Waals surface area contributed by atoms with Crippen LogP contribution in [0.4, 0.5) is 0 Å². The highest BCUT2D eigenvalue weighted by Crippen LogP contribution is 2.29. The Morgan fingerprint density at radius 1 is 1.21 bits per heavy atom. The van der Waals surface area contributed by atoms with Gasteiger partial charge in [0.2, 0.25) is 5.78 Å². The van der Waals surface area contributed by atoms with Gasteiger partial charge < -0.3 is 15.0 Å². The van der Waals surface area contributed by atoms with Crippen molar-refractivity contribution in [2.24, 2.45) is 0 Å². The molecule has 0 bridgehead atoms. The van der Waals surface area contributed by atoms with Gasteiger partial charge in [0.1, 0.15) is 11.3 Å². The average molecular weight is 420 g/mol. The molecule has 2 heterocycles. The Bertz CT molecular complexity index is 1090. The van der Waals surface area contributed by atoms with Gasteiger partial charge in [0.05, 0.1) is 16.6 Å². The second-order valence-corrected chi connectivity index (χ2v) is 8.32. The molecule has 0 atom stereocenters. The van der Waals surface area contributed by atoms with Crippen molar-refractivity contribution in [1.82, 2.24) is 15.3 Å². The molecule has 9 heteroatoms. The van der Waals surface area contributed by atoms with E-state index in [0.717, 1.165) is 11.3 Å². The van der Waals surface area contributed by atoms with E-state index in [2.05, 4.69) is 15.3 Å². The molecular weight excluding hydrogens is 402 g/mol. The minimum atomic E-state index is -0.673. The van der Waals surface area contributed by atoms with E-state index in [9.17, 15) is 14.4 Å². The number of halogens is 1. The highest BCUT2D eigenvalue weighted by atomic mass is 35.5. The number of H-pyrrole nitrogens is 1. The molecule has 146 valence electrons. The van der Waals surface area contributed by atoms with Crippen molar-refractivity contribution in [2.45, 2.75) is 26.4 Å². The predicted octanol–water partition coefficient (Wildman–Crippen LogP) is 3.82. The second kappa shape index (κ2) is 7.37. The third-order valence-electron chi connectivity index (χ3n) is 3.78. The summed E-state index contributed by atoms with van der Waals surface area (Å²) in [5, 5.41) is 4.92. The van der Waals surface area contributed by atoms with E-state index in [4.69, 9.17) is 16.3 Å². The largest absolute Gasteiger partial charge is 0.456 e. The number of hydrogen-bond acceptors (Lipinski definition) is 6. The Morgan fingerprint density at radius 2 is 1.93 bits per heavy atom. The summed E-state index contributed by atoms with van der Waals surface area (Å²) in [5.74, 6) is -1.29. The SMILES string of the molecule is CNC(=O)c1csc(C(=O)c2c[nH]c3c(C(=O)OC(C)(C)C)cc(Cl)cc23)n1. The Balaban J connectivity index is 2.04. The molecule has 7 nitrogen and oxygen atoms in total. The van der Waals surface area contributed by atoms with Gasteiger partial charge in [-0.25, -0.2) is 9.78 Å². The fourth-order valence-electron chi connectivity index (χ4n) is 2.60. The number of hydrogen-bond donors (Lipinski definition) is 2. The van der Waals surface area contributed by atoms with E-state index >= 15 is 0 Å². The van der Waals surface area contributed by atoms with Gasteiger partial charge in [0, 0.05) is 29.0 Å².